The number of nitrogens with zero attached hydrogens (tertiary/aromatic N) is 2. The van der Waals surface area contributed by atoms with Gasteiger partial charge in [-0.3, -0.25) is 19.7 Å². The third kappa shape index (κ3) is 8.00. The highest BCUT2D eigenvalue weighted by molar-refractivity contribution is 7.99. The number of rotatable bonds is 12. The molecule has 7 nitrogen and oxygen atoms in total. The molecule has 2 unspecified atom stereocenters. The summed E-state index contributed by atoms with van der Waals surface area (Å²) in [6.07, 6.45) is 1.49. The number of nitro benzene ring substituents is 1. The highest BCUT2D eigenvalue weighted by Crippen LogP contribution is 2.18. The van der Waals surface area contributed by atoms with Crippen molar-refractivity contribution >= 4 is 29.3 Å². The van der Waals surface area contributed by atoms with Crippen LogP contribution in [0.4, 0.5) is 5.69 Å². The van der Waals surface area contributed by atoms with E-state index >= 15 is 0 Å². The lowest BCUT2D eigenvalue weighted by molar-refractivity contribution is -0.384. The number of amides is 2. The second-order valence-corrected chi connectivity index (χ2v) is 8.72. The van der Waals surface area contributed by atoms with E-state index in [1.54, 1.807) is 24.0 Å². The average molecular weight is 458 g/mol. The van der Waals surface area contributed by atoms with Crippen LogP contribution in [0.5, 0.6) is 0 Å². The Kier molecular flexibility index (Phi) is 10.2. The van der Waals surface area contributed by atoms with Crippen molar-refractivity contribution in [1.29, 1.82) is 0 Å². The van der Waals surface area contributed by atoms with E-state index in [9.17, 15) is 19.7 Å². The lowest BCUT2D eigenvalue weighted by atomic mass is 10.1. The molecule has 0 aliphatic rings. The number of nitrogens with one attached hydrogen (secondary N) is 1. The summed E-state index contributed by atoms with van der Waals surface area (Å²) >= 11 is 1.43. The van der Waals surface area contributed by atoms with Crippen molar-refractivity contribution in [3.8, 4) is 0 Å². The minimum atomic E-state index is -0.569. The zero-order valence-electron chi connectivity index (χ0n) is 18.8. The molecule has 32 heavy (non-hydrogen) atoms. The molecular formula is C24H31N3O4S. The Balaban J connectivity index is 1.99. The van der Waals surface area contributed by atoms with Gasteiger partial charge in [0, 0.05) is 30.5 Å². The number of carbonyl (C=O) groups excluding carboxylic acids is 2. The van der Waals surface area contributed by atoms with Crippen molar-refractivity contribution in [1.82, 2.24) is 10.2 Å². The number of thioether (sulfide) groups is 1. The molecule has 2 rings (SSSR count). The summed E-state index contributed by atoms with van der Waals surface area (Å²) in [7, 11) is 0. The van der Waals surface area contributed by atoms with Gasteiger partial charge in [0.1, 0.15) is 6.04 Å². The van der Waals surface area contributed by atoms with Crippen LogP contribution in [-0.2, 0) is 21.8 Å². The van der Waals surface area contributed by atoms with Crippen LogP contribution in [0.25, 0.3) is 0 Å². The number of non-ortho nitro benzene ring substituents is 1. The van der Waals surface area contributed by atoms with E-state index in [0.29, 0.717) is 18.7 Å². The molecule has 2 aromatic rings. The molecule has 0 aliphatic heterocycles. The monoisotopic (exact) mass is 457 g/mol. The first-order valence-electron chi connectivity index (χ1n) is 10.8. The van der Waals surface area contributed by atoms with Gasteiger partial charge in [0.25, 0.3) is 5.69 Å². The third-order valence-corrected chi connectivity index (χ3v) is 6.28. The SMILES string of the molecule is CCC(C)NC(=O)C(C)N(CCc1ccccc1)C(=O)CSCc1ccc([N+](=O)[O-])cc1. The van der Waals surface area contributed by atoms with Gasteiger partial charge >= 0.3 is 0 Å². The van der Waals surface area contributed by atoms with Crippen LogP contribution in [0.15, 0.2) is 54.6 Å². The van der Waals surface area contributed by atoms with Gasteiger partial charge in [0.2, 0.25) is 11.8 Å². The summed E-state index contributed by atoms with van der Waals surface area (Å²) < 4.78 is 0. The fraction of sp³-hybridized carbons (Fsp3) is 0.417. The molecule has 0 aliphatic carbocycles. The van der Waals surface area contributed by atoms with E-state index in [0.717, 1.165) is 17.5 Å². The Bertz CT molecular complexity index is 890. The Morgan fingerprint density at radius 1 is 1.06 bits per heavy atom. The van der Waals surface area contributed by atoms with Crippen molar-refractivity contribution in [2.45, 2.75) is 51.4 Å². The van der Waals surface area contributed by atoms with E-state index in [1.165, 1.54) is 23.9 Å². The van der Waals surface area contributed by atoms with Crippen molar-refractivity contribution in [2.24, 2.45) is 0 Å². The van der Waals surface area contributed by atoms with Crippen molar-refractivity contribution in [3.05, 3.63) is 75.8 Å². The predicted octanol–water partition coefficient (Wildman–Crippen LogP) is 4.20. The number of hydrogen-bond acceptors (Lipinski definition) is 5. The Labute approximate surface area is 193 Å². The number of hydrogen-bond donors (Lipinski definition) is 1. The van der Waals surface area contributed by atoms with Gasteiger partial charge in [-0.15, -0.1) is 11.8 Å². The van der Waals surface area contributed by atoms with Gasteiger partial charge < -0.3 is 10.2 Å². The van der Waals surface area contributed by atoms with Crippen LogP contribution >= 0.6 is 11.8 Å². The van der Waals surface area contributed by atoms with E-state index in [1.807, 2.05) is 44.2 Å². The summed E-state index contributed by atoms with van der Waals surface area (Å²) in [5.41, 5.74) is 2.06. The third-order valence-electron chi connectivity index (χ3n) is 5.29. The van der Waals surface area contributed by atoms with Crippen LogP contribution in [0.1, 0.15) is 38.3 Å². The molecule has 0 fully saturated rings. The number of benzene rings is 2. The molecule has 0 saturated carbocycles. The smallest absolute Gasteiger partial charge is 0.269 e. The minimum Gasteiger partial charge on any atom is -0.352 e. The Hall–Kier alpha value is -2.87. The first kappa shape index (κ1) is 25.4. The molecule has 8 heteroatoms. The van der Waals surface area contributed by atoms with Crippen molar-refractivity contribution in [3.63, 3.8) is 0 Å². The highest BCUT2D eigenvalue weighted by Gasteiger charge is 2.26. The number of nitro groups is 1. The van der Waals surface area contributed by atoms with Crippen molar-refractivity contribution < 1.29 is 14.5 Å². The maximum atomic E-state index is 13.0. The fourth-order valence-corrected chi connectivity index (χ4v) is 3.96. The quantitative estimate of drug-likeness (QED) is 0.381. The molecule has 0 heterocycles. The average Bonchev–Trinajstić information content (AvgIpc) is 2.79. The zero-order chi connectivity index (χ0) is 23.5. The normalized spacial score (nSPS) is 12.6. The van der Waals surface area contributed by atoms with E-state index < -0.39 is 11.0 Å². The summed E-state index contributed by atoms with van der Waals surface area (Å²) in [6.45, 7) is 6.17. The molecule has 2 amide bonds. The molecule has 2 atom stereocenters. The van der Waals surface area contributed by atoms with Gasteiger partial charge in [-0.1, -0.05) is 49.4 Å². The van der Waals surface area contributed by atoms with Gasteiger partial charge in [-0.05, 0) is 37.8 Å². The zero-order valence-corrected chi connectivity index (χ0v) is 19.6. The second-order valence-electron chi connectivity index (χ2n) is 7.73. The van der Waals surface area contributed by atoms with Crippen molar-refractivity contribution in [2.75, 3.05) is 12.3 Å². The standard InChI is InChI=1S/C24H31N3O4S/c1-4-18(2)25-24(29)19(3)26(15-14-20-8-6-5-7-9-20)23(28)17-32-16-21-10-12-22(13-11-21)27(30)31/h5-13,18-19H,4,14-17H2,1-3H3,(H,25,29). The Morgan fingerprint density at radius 3 is 2.31 bits per heavy atom. The lowest BCUT2D eigenvalue weighted by Crippen LogP contribution is -2.51. The van der Waals surface area contributed by atoms with Crippen LogP contribution in [-0.4, -0.2) is 46.0 Å². The molecule has 0 radical (unpaired) electrons. The molecular weight excluding hydrogens is 426 g/mol. The maximum Gasteiger partial charge on any atom is 0.269 e. The van der Waals surface area contributed by atoms with Gasteiger partial charge in [0.15, 0.2) is 0 Å². The number of carbonyl (C=O) groups is 2. The van der Waals surface area contributed by atoms with Crippen LogP contribution in [0, 0.1) is 10.1 Å². The summed E-state index contributed by atoms with van der Waals surface area (Å²) in [6, 6.07) is 15.7. The Morgan fingerprint density at radius 2 is 1.72 bits per heavy atom. The molecule has 2 aromatic carbocycles. The summed E-state index contributed by atoms with van der Waals surface area (Å²) in [5, 5.41) is 13.7. The first-order valence-corrected chi connectivity index (χ1v) is 11.9. The van der Waals surface area contributed by atoms with Crippen LogP contribution < -0.4 is 5.32 Å². The molecule has 0 bridgehead atoms. The lowest BCUT2D eigenvalue weighted by Gasteiger charge is -2.29. The van der Waals surface area contributed by atoms with Crippen LogP contribution in [0.2, 0.25) is 0 Å². The van der Waals surface area contributed by atoms with E-state index in [2.05, 4.69) is 5.32 Å². The van der Waals surface area contributed by atoms with Gasteiger partial charge in [0.05, 0.1) is 10.7 Å². The predicted molar refractivity (Wildman–Crippen MR) is 128 cm³/mol. The first-order chi connectivity index (χ1) is 15.3. The minimum absolute atomic E-state index is 0.0445. The van der Waals surface area contributed by atoms with Crippen LogP contribution in [0.3, 0.4) is 0 Å². The summed E-state index contributed by atoms with van der Waals surface area (Å²) in [5.74, 6) is 0.539. The second kappa shape index (κ2) is 12.9. The molecule has 0 spiro atoms. The highest BCUT2D eigenvalue weighted by atomic mass is 32.2. The van der Waals surface area contributed by atoms with Gasteiger partial charge in [-0.2, -0.15) is 0 Å². The van der Waals surface area contributed by atoms with Gasteiger partial charge in [-0.25, -0.2) is 0 Å². The maximum absolute atomic E-state index is 13.0. The fourth-order valence-electron chi connectivity index (χ4n) is 3.09. The largest absolute Gasteiger partial charge is 0.352 e. The topological polar surface area (TPSA) is 92.6 Å². The molecule has 0 aromatic heterocycles. The molecule has 1 N–H and O–H groups in total. The summed E-state index contributed by atoms with van der Waals surface area (Å²) in [4.78, 5) is 37.7. The molecule has 172 valence electrons. The molecule has 0 saturated heterocycles. The van der Waals surface area contributed by atoms with E-state index in [4.69, 9.17) is 0 Å². The van der Waals surface area contributed by atoms with E-state index in [-0.39, 0.29) is 29.3 Å².